The zero-order chi connectivity index (χ0) is 15.8. The minimum atomic E-state index is 0.0234. The van der Waals surface area contributed by atoms with E-state index in [1.54, 1.807) is 11.0 Å². The van der Waals surface area contributed by atoms with E-state index in [4.69, 9.17) is 4.74 Å². The molecule has 0 fully saturated rings. The van der Waals surface area contributed by atoms with Crippen molar-refractivity contribution in [3.05, 3.63) is 42.5 Å². The third kappa shape index (κ3) is 5.55. The normalized spacial score (nSPS) is 10.7. The Labute approximate surface area is 130 Å². The third-order valence-electron chi connectivity index (χ3n) is 3.07. The number of ether oxygens (including phenoxy) is 1. The Balaban J connectivity index is 1.66. The van der Waals surface area contributed by atoms with E-state index in [0.717, 1.165) is 12.2 Å². The summed E-state index contributed by atoms with van der Waals surface area (Å²) in [6, 6.07) is 7.97. The van der Waals surface area contributed by atoms with E-state index in [-0.39, 0.29) is 12.0 Å². The highest BCUT2D eigenvalue weighted by atomic mass is 16.5. The Bertz CT molecular complexity index is 564. The van der Waals surface area contributed by atoms with Gasteiger partial charge in [0.2, 0.25) is 5.91 Å². The van der Waals surface area contributed by atoms with Crippen molar-refractivity contribution in [2.24, 2.45) is 0 Å². The summed E-state index contributed by atoms with van der Waals surface area (Å²) in [5.74, 6) is 0.894. The molecule has 1 N–H and O–H groups in total. The van der Waals surface area contributed by atoms with Crippen molar-refractivity contribution in [2.75, 3.05) is 6.54 Å². The SMILES string of the molecule is CC(C)Oc1ccc(CCNC(=O)CCn2cncn2)cc1. The van der Waals surface area contributed by atoms with E-state index >= 15 is 0 Å². The highest BCUT2D eigenvalue weighted by Crippen LogP contribution is 2.13. The van der Waals surface area contributed by atoms with Crippen molar-refractivity contribution < 1.29 is 9.53 Å². The van der Waals surface area contributed by atoms with Crippen molar-refractivity contribution >= 4 is 5.91 Å². The molecule has 0 aliphatic carbocycles. The van der Waals surface area contributed by atoms with Crippen LogP contribution in [0.15, 0.2) is 36.9 Å². The number of aryl methyl sites for hydroxylation is 1. The van der Waals surface area contributed by atoms with E-state index in [1.165, 1.54) is 11.9 Å². The summed E-state index contributed by atoms with van der Waals surface area (Å²) < 4.78 is 7.24. The maximum atomic E-state index is 11.7. The lowest BCUT2D eigenvalue weighted by molar-refractivity contribution is -0.121. The van der Waals surface area contributed by atoms with Crippen molar-refractivity contribution in [3.63, 3.8) is 0 Å². The van der Waals surface area contributed by atoms with E-state index in [9.17, 15) is 4.79 Å². The van der Waals surface area contributed by atoms with E-state index in [0.29, 0.717) is 19.5 Å². The second-order valence-electron chi connectivity index (χ2n) is 5.32. The van der Waals surface area contributed by atoms with E-state index < -0.39 is 0 Å². The van der Waals surface area contributed by atoms with Crippen molar-refractivity contribution in [1.29, 1.82) is 0 Å². The first-order chi connectivity index (χ1) is 10.6. The topological polar surface area (TPSA) is 69.0 Å². The van der Waals surface area contributed by atoms with Gasteiger partial charge in [-0.2, -0.15) is 5.10 Å². The van der Waals surface area contributed by atoms with Gasteiger partial charge < -0.3 is 10.1 Å². The molecule has 1 aromatic heterocycles. The first kappa shape index (κ1) is 16.0. The molecule has 6 heteroatoms. The smallest absolute Gasteiger partial charge is 0.221 e. The molecule has 22 heavy (non-hydrogen) atoms. The Morgan fingerprint density at radius 1 is 1.32 bits per heavy atom. The summed E-state index contributed by atoms with van der Waals surface area (Å²) in [5.41, 5.74) is 1.17. The predicted molar refractivity (Wildman–Crippen MR) is 83.6 cm³/mol. The van der Waals surface area contributed by atoms with Gasteiger partial charge in [0.05, 0.1) is 12.6 Å². The summed E-state index contributed by atoms with van der Waals surface area (Å²) in [6.45, 7) is 5.18. The zero-order valence-corrected chi connectivity index (χ0v) is 13.0. The van der Waals surface area contributed by atoms with Crippen LogP contribution in [0.2, 0.25) is 0 Å². The second kappa shape index (κ2) is 8.17. The van der Waals surface area contributed by atoms with Gasteiger partial charge in [-0.15, -0.1) is 0 Å². The first-order valence-electron chi connectivity index (χ1n) is 7.48. The molecule has 1 aromatic carbocycles. The lowest BCUT2D eigenvalue weighted by Crippen LogP contribution is -2.26. The van der Waals surface area contributed by atoms with Crippen LogP contribution in [0.5, 0.6) is 5.75 Å². The van der Waals surface area contributed by atoms with Crippen LogP contribution in [0.4, 0.5) is 0 Å². The molecule has 0 saturated heterocycles. The fourth-order valence-electron chi connectivity index (χ4n) is 2.01. The highest BCUT2D eigenvalue weighted by molar-refractivity contribution is 5.75. The number of hydrogen-bond donors (Lipinski definition) is 1. The van der Waals surface area contributed by atoms with Crippen LogP contribution in [0.25, 0.3) is 0 Å². The van der Waals surface area contributed by atoms with Crippen LogP contribution in [-0.4, -0.2) is 33.3 Å². The molecule has 1 heterocycles. The maximum Gasteiger partial charge on any atom is 0.221 e. The number of nitrogens with one attached hydrogen (secondary N) is 1. The molecule has 2 rings (SSSR count). The molecule has 0 spiro atoms. The first-order valence-corrected chi connectivity index (χ1v) is 7.48. The van der Waals surface area contributed by atoms with Gasteiger partial charge in [0, 0.05) is 13.0 Å². The Morgan fingerprint density at radius 2 is 2.09 bits per heavy atom. The van der Waals surface area contributed by atoms with Crippen LogP contribution < -0.4 is 10.1 Å². The van der Waals surface area contributed by atoms with Gasteiger partial charge in [-0.05, 0) is 38.0 Å². The van der Waals surface area contributed by atoms with Gasteiger partial charge in [-0.25, -0.2) is 4.98 Å². The van der Waals surface area contributed by atoms with Crippen LogP contribution in [0.3, 0.4) is 0 Å². The zero-order valence-electron chi connectivity index (χ0n) is 13.0. The van der Waals surface area contributed by atoms with Crippen LogP contribution in [0, 0.1) is 0 Å². The maximum absolute atomic E-state index is 11.7. The number of hydrogen-bond acceptors (Lipinski definition) is 4. The van der Waals surface area contributed by atoms with Gasteiger partial charge in [0.15, 0.2) is 0 Å². The quantitative estimate of drug-likeness (QED) is 0.807. The molecule has 0 aliphatic rings. The van der Waals surface area contributed by atoms with Crippen LogP contribution >= 0.6 is 0 Å². The molecule has 0 bridgehead atoms. The molecule has 1 amide bonds. The minimum Gasteiger partial charge on any atom is -0.491 e. The molecule has 0 atom stereocenters. The number of rotatable bonds is 8. The molecule has 0 radical (unpaired) electrons. The monoisotopic (exact) mass is 302 g/mol. The molecular weight excluding hydrogens is 280 g/mol. The number of amides is 1. The fraction of sp³-hybridized carbons (Fsp3) is 0.438. The molecule has 0 aliphatic heterocycles. The molecule has 6 nitrogen and oxygen atoms in total. The van der Waals surface area contributed by atoms with E-state index in [1.807, 2.05) is 38.1 Å². The summed E-state index contributed by atoms with van der Waals surface area (Å²) in [7, 11) is 0. The average molecular weight is 302 g/mol. The number of aromatic nitrogens is 3. The molecule has 118 valence electrons. The second-order valence-corrected chi connectivity index (χ2v) is 5.32. The molecule has 0 unspecified atom stereocenters. The third-order valence-corrected chi connectivity index (χ3v) is 3.07. The van der Waals surface area contributed by atoms with Gasteiger partial charge in [-0.3, -0.25) is 9.48 Å². The summed E-state index contributed by atoms with van der Waals surface area (Å²) >= 11 is 0. The van der Waals surface area contributed by atoms with Crippen molar-refractivity contribution in [1.82, 2.24) is 20.1 Å². The number of benzene rings is 1. The average Bonchev–Trinajstić information content (AvgIpc) is 3.00. The summed E-state index contributed by atoms with van der Waals surface area (Å²) in [6.07, 6.45) is 4.45. The minimum absolute atomic E-state index is 0.0234. The van der Waals surface area contributed by atoms with Gasteiger partial charge in [0.25, 0.3) is 0 Å². The lowest BCUT2D eigenvalue weighted by Gasteiger charge is -2.10. The molecule has 0 saturated carbocycles. The van der Waals surface area contributed by atoms with Crippen LogP contribution in [0.1, 0.15) is 25.8 Å². The largest absolute Gasteiger partial charge is 0.491 e. The standard InChI is InChI=1S/C16H22N4O2/c1-13(2)22-15-5-3-14(4-6-15)7-9-18-16(21)8-10-20-12-17-11-19-20/h3-6,11-13H,7-10H2,1-2H3,(H,18,21). The summed E-state index contributed by atoms with van der Waals surface area (Å²) in [4.78, 5) is 15.5. The van der Waals surface area contributed by atoms with Crippen molar-refractivity contribution in [2.45, 2.75) is 39.3 Å². The Hall–Kier alpha value is -2.37. The fourth-order valence-corrected chi connectivity index (χ4v) is 2.01. The molecular formula is C16H22N4O2. The summed E-state index contributed by atoms with van der Waals surface area (Å²) in [5, 5.41) is 6.87. The Kier molecular flexibility index (Phi) is 5.94. The number of carbonyl (C=O) groups is 1. The van der Waals surface area contributed by atoms with Crippen molar-refractivity contribution in [3.8, 4) is 5.75 Å². The highest BCUT2D eigenvalue weighted by Gasteiger charge is 2.03. The lowest BCUT2D eigenvalue weighted by atomic mass is 10.1. The van der Waals surface area contributed by atoms with E-state index in [2.05, 4.69) is 15.4 Å². The van der Waals surface area contributed by atoms with Gasteiger partial charge in [0.1, 0.15) is 18.4 Å². The predicted octanol–water partition coefficient (Wildman–Crippen LogP) is 1.81. The number of carbonyl (C=O) groups excluding carboxylic acids is 1. The van der Waals surface area contributed by atoms with Gasteiger partial charge in [-0.1, -0.05) is 12.1 Å². The van der Waals surface area contributed by atoms with Gasteiger partial charge >= 0.3 is 0 Å². The molecule has 2 aromatic rings. The van der Waals surface area contributed by atoms with Crippen LogP contribution in [-0.2, 0) is 17.8 Å². The number of nitrogens with zero attached hydrogens (tertiary/aromatic N) is 3. The Morgan fingerprint density at radius 3 is 2.73 bits per heavy atom.